The molecule has 1 atom stereocenters. The fraction of sp³-hybridized carbons (Fsp3) is 0.846. The van der Waals surface area contributed by atoms with E-state index < -0.39 is 23.6 Å². The third-order valence-electron chi connectivity index (χ3n) is 5.36. The Kier molecular flexibility index (Phi) is 17.4. The molecule has 0 spiro atoms. The number of amides is 1. The number of ether oxygens (including phenoxy) is 1. The second-order valence-corrected chi connectivity index (χ2v) is 10.0. The Morgan fingerprint density at radius 3 is 1.55 bits per heavy atom. The van der Waals surface area contributed by atoms with Gasteiger partial charge in [0.2, 0.25) is 5.91 Å². The smallest absolute Gasteiger partial charge is 0.329 e. The summed E-state index contributed by atoms with van der Waals surface area (Å²) in [6, 6.07) is -0.929. The Hall–Kier alpha value is -1.92. The summed E-state index contributed by atoms with van der Waals surface area (Å²) in [6.45, 7) is 6.86. The van der Waals surface area contributed by atoms with Crippen LogP contribution >= 0.6 is 0 Å². The highest BCUT2D eigenvalue weighted by atomic mass is 16.6. The van der Waals surface area contributed by atoms with E-state index in [1.54, 1.807) is 27.7 Å². The highest BCUT2D eigenvalue weighted by Gasteiger charge is 2.27. The molecule has 0 heterocycles. The first-order valence-corrected chi connectivity index (χ1v) is 12.7. The van der Waals surface area contributed by atoms with Gasteiger partial charge in [0.15, 0.2) is 0 Å². The van der Waals surface area contributed by atoms with Crippen molar-refractivity contribution in [3.63, 3.8) is 0 Å². The number of carbonyl (C=O) groups is 4. The van der Waals surface area contributed by atoms with E-state index >= 15 is 0 Å². The van der Waals surface area contributed by atoms with Gasteiger partial charge in [0.1, 0.15) is 17.4 Å². The monoisotopic (exact) mass is 469 g/mol. The van der Waals surface area contributed by atoms with Crippen LogP contribution in [0.15, 0.2) is 0 Å². The largest absolute Gasteiger partial charge is 0.481 e. The first-order chi connectivity index (χ1) is 15.5. The quantitative estimate of drug-likeness (QED) is 0.174. The van der Waals surface area contributed by atoms with Gasteiger partial charge >= 0.3 is 11.9 Å². The predicted octanol–water partition coefficient (Wildman–Crippen LogP) is 5.73. The topological polar surface area (TPSA) is 110 Å². The number of Topliss-reactive ketones (excluding diaryl/α,β-unsaturated/α-hetero) is 1. The lowest BCUT2D eigenvalue weighted by molar-refractivity contribution is -0.159. The van der Waals surface area contributed by atoms with Crippen LogP contribution < -0.4 is 5.32 Å². The van der Waals surface area contributed by atoms with Gasteiger partial charge in [0, 0.05) is 19.3 Å². The molecule has 33 heavy (non-hydrogen) atoms. The first-order valence-electron chi connectivity index (χ1n) is 12.7. The molecule has 0 saturated heterocycles. The molecule has 7 nitrogen and oxygen atoms in total. The number of hydrogen-bond acceptors (Lipinski definition) is 5. The molecule has 0 saturated carbocycles. The van der Waals surface area contributed by atoms with E-state index in [-0.39, 0.29) is 24.5 Å². The molecule has 0 rings (SSSR count). The maximum Gasteiger partial charge on any atom is 0.329 e. The van der Waals surface area contributed by atoms with Crippen LogP contribution in [0, 0.1) is 0 Å². The van der Waals surface area contributed by atoms with Crippen molar-refractivity contribution in [2.24, 2.45) is 0 Å². The maximum absolute atomic E-state index is 12.3. The third kappa shape index (κ3) is 21.7. The number of carboxylic acid groups (broad SMARTS) is 1. The lowest BCUT2D eigenvalue weighted by atomic mass is 10.0. The van der Waals surface area contributed by atoms with Gasteiger partial charge in [-0.2, -0.15) is 0 Å². The summed E-state index contributed by atoms with van der Waals surface area (Å²) < 4.78 is 5.30. The molecule has 0 bridgehead atoms. The molecule has 0 aromatic carbocycles. The summed E-state index contributed by atoms with van der Waals surface area (Å²) in [7, 11) is 0. The number of unbranched alkanes of at least 4 members (excludes halogenated alkanes) is 11. The van der Waals surface area contributed by atoms with Gasteiger partial charge in [-0.3, -0.25) is 9.59 Å². The van der Waals surface area contributed by atoms with Gasteiger partial charge in [0.25, 0.3) is 0 Å². The van der Waals surface area contributed by atoms with E-state index in [0.717, 1.165) is 38.5 Å². The average molecular weight is 470 g/mol. The molecule has 1 unspecified atom stereocenters. The van der Waals surface area contributed by atoms with Crippen LogP contribution in [0.4, 0.5) is 0 Å². The number of carboxylic acids is 1. The number of carbonyl (C=O) groups excluding carboxylic acids is 3. The summed E-state index contributed by atoms with van der Waals surface area (Å²) in [5.74, 6) is -1.55. The Morgan fingerprint density at radius 2 is 1.15 bits per heavy atom. The molecule has 0 fully saturated rings. The van der Waals surface area contributed by atoms with Crippen molar-refractivity contribution in [1.82, 2.24) is 5.32 Å². The van der Waals surface area contributed by atoms with E-state index in [1.807, 2.05) is 0 Å². The molecule has 0 aliphatic heterocycles. The van der Waals surface area contributed by atoms with Gasteiger partial charge in [-0.25, -0.2) is 4.79 Å². The van der Waals surface area contributed by atoms with Crippen molar-refractivity contribution in [3.8, 4) is 0 Å². The number of esters is 1. The minimum atomic E-state index is -1.01. The van der Waals surface area contributed by atoms with Crippen molar-refractivity contribution in [1.29, 1.82) is 0 Å². The van der Waals surface area contributed by atoms with Crippen LogP contribution in [0.5, 0.6) is 0 Å². The standard InChI is InChI=1S/C26H47NO6/c1-21(28)17-15-13-11-9-7-5-6-8-10-12-14-16-18-23(29)27-22(19-20-24(30)31)25(32)33-26(2,3)4/h22H,5-20H2,1-4H3,(H,27,29)(H,30,31). The van der Waals surface area contributed by atoms with Crippen molar-refractivity contribution < 1.29 is 29.0 Å². The van der Waals surface area contributed by atoms with Crippen LogP contribution in [0.25, 0.3) is 0 Å². The van der Waals surface area contributed by atoms with Crippen LogP contribution in [-0.2, 0) is 23.9 Å². The van der Waals surface area contributed by atoms with Gasteiger partial charge in [-0.1, -0.05) is 64.2 Å². The van der Waals surface area contributed by atoms with Gasteiger partial charge in [0.05, 0.1) is 0 Å². The average Bonchev–Trinajstić information content (AvgIpc) is 2.69. The van der Waals surface area contributed by atoms with E-state index in [4.69, 9.17) is 9.84 Å². The van der Waals surface area contributed by atoms with Crippen LogP contribution in [0.1, 0.15) is 130 Å². The number of hydrogen-bond donors (Lipinski definition) is 2. The zero-order chi connectivity index (χ0) is 25.1. The van der Waals surface area contributed by atoms with E-state index in [0.29, 0.717) is 6.42 Å². The van der Waals surface area contributed by atoms with Crippen LogP contribution in [0.2, 0.25) is 0 Å². The molecular formula is C26H47NO6. The van der Waals surface area contributed by atoms with Crippen molar-refractivity contribution >= 4 is 23.6 Å². The lowest BCUT2D eigenvalue weighted by Gasteiger charge is -2.24. The van der Waals surface area contributed by atoms with Gasteiger partial charge < -0.3 is 20.0 Å². The normalized spacial score (nSPS) is 12.2. The minimum Gasteiger partial charge on any atom is -0.481 e. The maximum atomic E-state index is 12.3. The molecular weight excluding hydrogens is 422 g/mol. The van der Waals surface area contributed by atoms with E-state index in [9.17, 15) is 19.2 Å². The molecule has 0 aliphatic carbocycles. The second kappa shape index (κ2) is 18.5. The molecule has 192 valence electrons. The Morgan fingerprint density at radius 1 is 0.727 bits per heavy atom. The van der Waals surface area contributed by atoms with Crippen LogP contribution in [-0.4, -0.2) is 40.4 Å². The second-order valence-electron chi connectivity index (χ2n) is 10.0. The molecule has 0 aromatic rings. The fourth-order valence-electron chi connectivity index (χ4n) is 3.58. The number of rotatable bonds is 20. The summed E-state index contributed by atoms with van der Waals surface area (Å²) in [5.41, 5.74) is -0.695. The highest BCUT2D eigenvalue weighted by Crippen LogP contribution is 2.14. The lowest BCUT2D eigenvalue weighted by Crippen LogP contribution is -2.44. The van der Waals surface area contributed by atoms with Crippen molar-refractivity contribution in [2.45, 2.75) is 142 Å². The fourth-order valence-corrected chi connectivity index (χ4v) is 3.58. The molecule has 0 aliphatic rings. The Labute approximate surface area is 200 Å². The molecule has 1 amide bonds. The summed E-state index contributed by atoms with van der Waals surface area (Å²) >= 11 is 0. The van der Waals surface area contributed by atoms with Crippen molar-refractivity contribution in [3.05, 3.63) is 0 Å². The zero-order valence-electron chi connectivity index (χ0n) is 21.4. The molecule has 2 N–H and O–H groups in total. The van der Waals surface area contributed by atoms with Crippen LogP contribution in [0.3, 0.4) is 0 Å². The predicted molar refractivity (Wildman–Crippen MR) is 130 cm³/mol. The first kappa shape index (κ1) is 31.1. The Balaban J connectivity index is 3.83. The minimum absolute atomic E-state index is 0.0222. The number of aliphatic carboxylic acids is 1. The summed E-state index contributed by atoms with van der Waals surface area (Å²) in [4.78, 5) is 46.2. The molecule has 0 radical (unpaired) electrons. The van der Waals surface area contributed by atoms with Gasteiger partial charge in [-0.05, 0) is 47.0 Å². The zero-order valence-corrected chi connectivity index (χ0v) is 21.4. The van der Waals surface area contributed by atoms with E-state index in [2.05, 4.69) is 5.32 Å². The highest BCUT2D eigenvalue weighted by molar-refractivity contribution is 5.85. The third-order valence-corrected chi connectivity index (χ3v) is 5.36. The van der Waals surface area contributed by atoms with Crippen molar-refractivity contribution in [2.75, 3.05) is 0 Å². The summed E-state index contributed by atoms with van der Waals surface area (Å²) in [6.07, 6.45) is 14.5. The molecule has 0 aromatic heterocycles. The number of nitrogens with one attached hydrogen (secondary N) is 1. The Bertz CT molecular complexity index is 582. The SMILES string of the molecule is CC(=O)CCCCCCCCCCCCCCC(=O)NC(CCC(=O)O)C(=O)OC(C)(C)C. The molecule has 7 heteroatoms. The number of ketones is 1. The van der Waals surface area contributed by atoms with E-state index in [1.165, 1.54) is 44.9 Å². The van der Waals surface area contributed by atoms with Gasteiger partial charge in [-0.15, -0.1) is 0 Å². The summed E-state index contributed by atoms with van der Waals surface area (Å²) in [5, 5.41) is 11.5.